The molecule has 0 aromatic heterocycles. The van der Waals surface area contributed by atoms with Gasteiger partial charge in [0, 0.05) is 23.7 Å². The van der Waals surface area contributed by atoms with E-state index < -0.39 is 0 Å². The van der Waals surface area contributed by atoms with E-state index >= 15 is 0 Å². The molecule has 3 amide bonds. The monoisotopic (exact) mass is 423 g/mol. The topological polar surface area (TPSA) is 96.5 Å². The smallest absolute Gasteiger partial charge is 0.251 e. The van der Waals surface area contributed by atoms with Gasteiger partial charge in [0.25, 0.3) is 5.91 Å². The molecule has 7 heteroatoms. The highest BCUT2D eigenvalue weighted by atomic mass is 16.5. The van der Waals surface area contributed by atoms with Crippen LogP contribution in [0.2, 0.25) is 0 Å². The Kier molecular flexibility index (Phi) is 8.04. The van der Waals surface area contributed by atoms with E-state index in [-0.39, 0.29) is 30.2 Å². The van der Waals surface area contributed by atoms with Gasteiger partial charge in [-0.2, -0.15) is 0 Å². The Bertz CT molecular complexity index is 905. The second-order valence-electron chi connectivity index (χ2n) is 7.59. The minimum atomic E-state index is -0.324. The molecule has 0 bridgehead atoms. The minimum Gasteiger partial charge on any atom is -0.494 e. The van der Waals surface area contributed by atoms with E-state index in [1.165, 1.54) is 0 Å². The van der Waals surface area contributed by atoms with Gasteiger partial charge >= 0.3 is 0 Å². The van der Waals surface area contributed by atoms with Crippen LogP contribution in [0, 0.1) is 5.92 Å². The molecule has 3 N–H and O–H groups in total. The number of amides is 3. The molecule has 0 unspecified atom stereocenters. The molecule has 1 aliphatic carbocycles. The van der Waals surface area contributed by atoms with Crippen molar-refractivity contribution in [2.45, 2.75) is 39.2 Å². The summed E-state index contributed by atoms with van der Waals surface area (Å²) < 4.78 is 5.35. The summed E-state index contributed by atoms with van der Waals surface area (Å²) in [5.41, 5.74) is 2.06. The summed E-state index contributed by atoms with van der Waals surface area (Å²) in [6.07, 6.45) is 4.12. The van der Waals surface area contributed by atoms with Gasteiger partial charge in [0.2, 0.25) is 11.8 Å². The summed E-state index contributed by atoms with van der Waals surface area (Å²) in [6.45, 7) is 2.64. The third kappa shape index (κ3) is 6.84. The first-order chi connectivity index (χ1) is 15.0. The Balaban J connectivity index is 1.42. The fourth-order valence-electron chi connectivity index (χ4n) is 3.59. The zero-order valence-corrected chi connectivity index (χ0v) is 17.8. The lowest BCUT2D eigenvalue weighted by Crippen LogP contribution is -2.36. The van der Waals surface area contributed by atoms with Crippen molar-refractivity contribution in [2.75, 3.05) is 18.5 Å². The van der Waals surface area contributed by atoms with E-state index in [9.17, 15) is 14.4 Å². The maximum atomic E-state index is 12.3. The highest BCUT2D eigenvalue weighted by Crippen LogP contribution is 2.26. The lowest BCUT2D eigenvalue weighted by Gasteiger charge is -2.12. The van der Waals surface area contributed by atoms with Gasteiger partial charge in [0.05, 0.1) is 13.2 Å². The maximum absolute atomic E-state index is 12.3. The van der Waals surface area contributed by atoms with Gasteiger partial charge in [-0.1, -0.05) is 25.0 Å². The van der Waals surface area contributed by atoms with Gasteiger partial charge in [-0.25, -0.2) is 0 Å². The van der Waals surface area contributed by atoms with E-state index in [0.29, 0.717) is 24.5 Å². The largest absolute Gasteiger partial charge is 0.494 e. The molecule has 1 saturated carbocycles. The van der Waals surface area contributed by atoms with Gasteiger partial charge in [0.1, 0.15) is 5.75 Å². The Morgan fingerprint density at radius 1 is 1.00 bits per heavy atom. The number of carbonyl (C=O) groups is 3. The Morgan fingerprint density at radius 3 is 2.45 bits per heavy atom. The van der Waals surface area contributed by atoms with Crippen LogP contribution < -0.4 is 20.7 Å². The van der Waals surface area contributed by atoms with E-state index in [0.717, 1.165) is 36.9 Å². The molecule has 0 aliphatic heterocycles. The van der Waals surface area contributed by atoms with Crippen molar-refractivity contribution in [3.63, 3.8) is 0 Å². The Labute approximate surface area is 182 Å². The number of nitrogens with one attached hydrogen (secondary N) is 3. The van der Waals surface area contributed by atoms with Crippen LogP contribution in [0.3, 0.4) is 0 Å². The third-order valence-electron chi connectivity index (χ3n) is 5.25. The number of carbonyl (C=O) groups excluding carboxylic acids is 3. The fraction of sp³-hybridized carbons (Fsp3) is 0.375. The predicted molar refractivity (Wildman–Crippen MR) is 119 cm³/mol. The van der Waals surface area contributed by atoms with Crippen molar-refractivity contribution in [1.29, 1.82) is 0 Å². The number of anilines is 1. The lowest BCUT2D eigenvalue weighted by atomic mass is 10.1. The number of rotatable bonds is 9. The molecule has 0 saturated heterocycles. The number of hydrogen-bond donors (Lipinski definition) is 3. The molecule has 31 heavy (non-hydrogen) atoms. The average molecular weight is 424 g/mol. The Hall–Kier alpha value is -3.35. The normalized spacial score (nSPS) is 13.5. The van der Waals surface area contributed by atoms with Crippen LogP contribution in [0.4, 0.5) is 5.69 Å². The van der Waals surface area contributed by atoms with Crippen LogP contribution in [-0.4, -0.2) is 30.9 Å². The molecular weight excluding hydrogens is 394 g/mol. The van der Waals surface area contributed by atoms with Crippen molar-refractivity contribution < 1.29 is 19.1 Å². The van der Waals surface area contributed by atoms with Crippen LogP contribution in [0.1, 0.15) is 48.5 Å². The molecule has 2 aromatic carbocycles. The average Bonchev–Trinajstić information content (AvgIpc) is 3.32. The molecule has 0 radical (unpaired) electrons. The second-order valence-corrected chi connectivity index (χ2v) is 7.59. The second kappa shape index (κ2) is 11.2. The van der Waals surface area contributed by atoms with Crippen LogP contribution in [0.15, 0.2) is 48.5 Å². The van der Waals surface area contributed by atoms with Crippen LogP contribution >= 0.6 is 0 Å². The first-order valence-corrected chi connectivity index (χ1v) is 10.7. The highest BCUT2D eigenvalue weighted by molar-refractivity contribution is 5.96. The van der Waals surface area contributed by atoms with E-state index in [1.54, 1.807) is 24.3 Å². The van der Waals surface area contributed by atoms with Crippen LogP contribution in [0.5, 0.6) is 5.75 Å². The standard InChI is InChI=1S/C24H29N3O4/c1-2-31-21-12-10-19(11-13-21)23(29)26-16-22(28)25-15-17-6-5-9-20(14-17)27-24(30)18-7-3-4-8-18/h5-6,9-14,18H,2-4,7-8,15-16H2,1H3,(H,25,28)(H,26,29)(H,27,30). The molecule has 2 aromatic rings. The first-order valence-electron chi connectivity index (χ1n) is 10.7. The molecule has 7 nitrogen and oxygen atoms in total. The first kappa shape index (κ1) is 22.3. The van der Waals surface area contributed by atoms with E-state index in [2.05, 4.69) is 16.0 Å². The summed E-state index contributed by atoms with van der Waals surface area (Å²) >= 11 is 0. The van der Waals surface area contributed by atoms with Gasteiger partial charge in [0.15, 0.2) is 0 Å². The van der Waals surface area contributed by atoms with Gasteiger partial charge in [-0.15, -0.1) is 0 Å². The summed E-state index contributed by atoms with van der Waals surface area (Å²) in [4.78, 5) is 36.6. The Morgan fingerprint density at radius 2 is 1.74 bits per heavy atom. The summed E-state index contributed by atoms with van der Waals surface area (Å²) in [7, 11) is 0. The van der Waals surface area contributed by atoms with Crippen LogP contribution in [0.25, 0.3) is 0 Å². The fourth-order valence-corrected chi connectivity index (χ4v) is 3.59. The van der Waals surface area contributed by atoms with Crippen molar-refractivity contribution >= 4 is 23.4 Å². The van der Waals surface area contributed by atoms with Crippen molar-refractivity contribution in [3.05, 3.63) is 59.7 Å². The minimum absolute atomic E-state index is 0.0655. The zero-order valence-electron chi connectivity index (χ0n) is 17.8. The molecule has 164 valence electrons. The molecule has 0 atom stereocenters. The predicted octanol–water partition coefficient (Wildman–Crippen LogP) is 3.26. The molecule has 0 heterocycles. The zero-order chi connectivity index (χ0) is 22.1. The molecule has 1 fully saturated rings. The number of hydrogen-bond acceptors (Lipinski definition) is 4. The van der Waals surface area contributed by atoms with Crippen LogP contribution in [-0.2, 0) is 16.1 Å². The van der Waals surface area contributed by atoms with Gasteiger partial charge < -0.3 is 20.7 Å². The third-order valence-corrected chi connectivity index (χ3v) is 5.25. The SMILES string of the molecule is CCOc1ccc(C(=O)NCC(=O)NCc2cccc(NC(=O)C3CCCC3)c2)cc1. The molecule has 1 aliphatic rings. The van der Waals surface area contributed by atoms with E-state index in [4.69, 9.17) is 4.74 Å². The quantitative estimate of drug-likeness (QED) is 0.577. The summed E-state index contributed by atoms with van der Waals surface area (Å²) in [5.74, 6) is 0.242. The molecule has 0 spiro atoms. The number of benzene rings is 2. The molecule has 3 rings (SSSR count). The van der Waals surface area contributed by atoms with E-state index in [1.807, 2.05) is 31.2 Å². The maximum Gasteiger partial charge on any atom is 0.251 e. The van der Waals surface area contributed by atoms with Crippen molar-refractivity contribution in [1.82, 2.24) is 10.6 Å². The van der Waals surface area contributed by atoms with Crippen molar-refractivity contribution in [2.24, 2.45) is 5.92 Å². The molecular formula is C24H29N3O4. The van der Waals surface area contributed by atoms with Crippen molar-refractivity contribution in [3.8, 4) is 5.75 Å². The highest BCUT2D eigenvalue weighted by Gasteiger charge is 2.22. The number of ether oxygens (including phenoxy) is 1. The lowest BCUT2D eigenvalue weighted by molar-refractivity contribution is -0.120. The summed E-state index contributed by atoms with van der Waals surface area (Å²) in [5, 5.41) is 8.35. The van der Waals surface area contributed by atoms with Gasteiger partial charge in [-0.05, 0) is 61.7 Å². The summed E-state index contributed by atoms with van der Waals surface area (Å²) in [6, 6.07) is 14.2. The van der Waals surface area contributed by atoms with Gasteiger partial charge in [-0.3, -0.25) is 14.4 Å².